The van der Waals surface area contributed by atoms with Crippen molar-refractivity contribution in [3.63, 3.8) is 0 Å². The highest BCUT2D eigenvalue weighted by atomic mass is 32.1. The largest absolute Gasteiger partial charge is 0.494 e. The quantitative estimate of drug-likeness (QED) is 0.112. The van der Waals surface area contributed by atoms with Crippen LogP contribution in [0.1, 0.15) is 100 Å². The number of β-amino-alcohol motifs (C(OH)–C–C–N with tert-alkyl or cyclic N) is 1. The Morgan fingerprint density at radius 3 is 2.35 bits per heavy atom. The van der Waals surface area contributed by atoms with Crippen LogP contribution in [0.25, 0.3) is 10.4 Å². The van der Waals surface area contributed by atoms with E-state index in [0.29, 0.717) is 57.3 Å². The predicted octanol–water partition coefficient (Wildman–Crippen LogP) is 6.09. The number of unbranched alkanes of at least 4 members (excludes halogenated alkanes) is 2. The number of piperidine rings is 1. The zero-order valence-corrected chi connectivity index (χ0v) is 38.1. The molecule has 3 N–H and O–H groups in total. The fourth-order valence-electron chi connectivity index (χ4n) is 8.49. The molecule has 2 aromatic carbocycles. The lowest BCUT2D eigenvalue weighted by Crippen LogP contribution is -2.58. The fourth-order valence-corrected chi connectivity index (χ4v) is 9.30. The van der Waals surface area contributed by atoms with Crippen LogP contribution in [0.15, 0.2) is 59.1 Å². The van der Waals surface area contributed by atoms with Crippen LogP contribution in [0.2, 0.25) is 0 Å². The molecular formula is C46H58F3N9O6S. The lowest BCUT2D eigenvalue weighted by Gasteiger charge is -2.35. The molecule has 3 amide bonds. The highest BCUT2D eigenvalue weighted by molar-refractivity contribution is 7.13. The third kappa shape index (κ3) is 12.1. The number of aromatic nitrogens is 4. The molecule has 3 aliphatic heterocycles. The van der Waals surface area contributed by atoms with E-state index in [1.54, 1.807) is 11.3 Å². The smallest absolute Gasteiger partial charge is 0.453 e. The number of hydrogen-bond donors (Lipinski definition) is 3. The number of ether oxygens (including phenoxy) is 2. The van der Waals surface area contributed by atoms with E-state index in [9.17, 15) is 32.7 Å². The van der Waals surface area contributed by atoms with Crippen LogP contribution < -0.4 is 15.4 Å². The first-order chi connectivity index (χ1) is 31.0. The average molecular weight is 922 g/mol. The third-order valence-electron chi connectivity index (χ3n) is 12.1. The number of aliphatic hydroxyl groups excluding tert-OH is 1. The van der Waals surface area contributed by atoms with Crippen molar-refractivity contribution < 1.29 is 42.1 Å². The number of amidine groups is 1. The summed E-state index contributed by atoms with van der Waals surface area (Å²) in [6.07, 6.45) is -0.449. The van der Waals surface area contributed by atoms with Crippen LogP contribution in [-0.2, 0) is 38.3 Å². The van der Waals surface area contributed by atoms with E-state index in [1.165, 1.54) is 10.5 Å². The number of nitrogens with zero attached hydrogens (tertiary/aromatic N) is 7. The summed E-state index contributed by atoms with van der Waals surface area (Å²) in [7, 11) is 0. The molecule has 0 radical (unpaired) electrons. The first-order valence-electron chi connectivity index (χ1n) is 22.2. The van der Waals surface area contributed by atoms with Crippen LogP contribution in [-0.4, -0.2) is 116 Å². The lowest BCUT2D eigenvalue weighted by molar-refractivity contribution is -0.147. The van der Waals surface area contributed by atoms with E-state index in [0.717, 1.165) is 57.8 Å². The number of aryl methyl sites for hydroxylation is 2. The van der Waals surface area contributed by atoms with Crippen molar-refractivity contribution in [1.29, 1.82) is 0 Å². The maximum atomic E-state index is 14.0. The standard InChI is InChI=1S/C46H58F3N9O6S/c1-29-40(65-28-51-29)33-10-8-30(9-11-33)25-50-42(61)36-24-34(59)26-57(36)43(62)41(45(2,3)4)52-39(60)27-63-22-6-5-7-23-64-35-14-12-31(13-15-35)32-18-20-56(21-19-32)38-17-16-37-53-54-44(46(47,48)49)58(37)55-38/h8-15,28,32,34,36,41,59H,5-7,16-27H2,1-4H3,(H,50,61)(H,52,60)/t34-,36-,41+/m0/s1. The molecule has 2 aromatic heterocycles. The molecule has 19 heteroatoms. The number of carbonyl (C=O) groups is 3. The van der Waals surface area contributed by atoms with Gasteiger partial charge in [0.1, 0.15) is 30.3 Å². The number of nitrogens with one attached hydrogen (secondary N) is 2. The summed E-state index contributed by atoms with van der Waals surface area (Å²) in [4.78, 5) is 49.2. The molecule has 0 unspecified atom stereocenters. The number of alkyl halides is 3. The van der Waals surface area contributed by atoms with Crippen molar-refractivity contribution in [3.05, 3.63) is 82.5 Å². The van der Waals surface area contributed by atoms with Crippen molar-refractivity contribution in [2.24, 2.45) is 10.5 Å². The van der Waals surface area contributed by atoms with Gasteiger partial charge in [-0.2, -0.15) is 22.9 Å². The van der Waals surface area contributed by atoms with Crippen molar-refractivity contribution in [1.82, 2.24) is 40.3 Å². The number of thiazole rings is 1. The Kier molecular flexibility index (Phi) is 15.2. The molecule has 3 atom stereocenters. The molecule has 15 nitrogen and oxygen atoms in total. The molecule has 65 heavy (non-hydrogen) atoms. The van der Waals surface area contributed by atoms with Gasteiger partial charge in [-0.25, -0.2) is 4.98 Å². The van der Waals surface area contributed by atoms with Crippen LogP contribution in [0, 0.1) is 12.3 Å². The number of halogens is 3. The summed E-state index contributed by atoms with van der Waals surface area (Å²) in [5.74, 6) is -0.379. The molecule has 7 rings (SSSR count). The van der Waals surface area contributed by atoms with Gasteiger partial charge in [0.15, 0.2) is 5.82 Å². The minimum atomic E-state index is -4.61. The second-order valence-electron chi connectivity index (χ2n) is 18.0. The summed E-state index contributed by atoms with van der Waals surface area (Å²) >= 11 is 1.57. The first kappa shape index (κ1) is 47.6. The first-order valence-corrected chi connectivity index (χ1v) is 23.1. The SMILES string of the molecule is Cc1ncsc1-c1ccc(CNC(=O)[C@@H]2C[C@H](O)CN2C(=O)[C@@H](NC(=O)COCCCCCOc2ccc(C3CCN(C4=Nn5c(nnc5C(F)(F)F)CC4)CC3)cc2)C(C)(C)C)cc1. The molecule has 0 bridgehead atoms. The molecule has 4 aromatic rings. The molecule has 350 valence electrons. The number of aliphatic hydroxyl groups is 1. The van der Waals surface area contributed by atoms with Crippen LogP contribution in [0.5, 0.6) is 5.75 Å². The van der Waals surface area contributed by atoms with E-state index in [-0.39, 0.29) is 37.8 Å². The van der Waals surface area contributed by atoms with Crippen molar-refractivity contribution in [2.75, 3.05) is 39.5 Å². The van der Waals surface area contributed by atoms with Gasteiger partial charge >= 0.3 is 6.18 Å². The molecule has 5 heterocycles. The number of fused-ring (bicyclic) bond motifs is 1. The van der Waals surface area contributed by atoms with Gasteiger partial charge in [-0.3, -0.25) is 14.4 Å². The van der Waals surface area contributed by atoms with Gasteiger partial charge < -0.3 is 35.0 Å². The van der Waals surface area contributed by atoms with Crippen LogP contribution in [0.4, 0.5) is 13.2 Å². The Morgan fingerprint density at radius 2 is 1.68 bits per heavy atom. The van der Waals surface area contributed by atoms with Gasteiger partial charge in [0.2, 0.25) is 17.7 Å². The Balaban J connectivity index is 0.779. The average Bonchev–Trinajstić information content (AvgIpc) is 4.03. The van der Waals surface area contributed by atoms with Crippen molar-refractivity contribution in [2.45, 2.75) is 116 Å². The summed E-state index contributed by atoms with van der Waals surface area (Å²) in [6.45, 7) is 9.77. The number of amides is 3. The summed E-state index contributed by atoms with van der Waals surface area (Å²) < 4.78 is 52.6. The minimum Gasteiger partial charge on any atom is -0.494 e. The summed E-state index contributed by atoms with van der Waals surface area (Å²) in [5.41, 5.74) is 5.22. The maximum absolute atomic E-state index is 14.0. The van der Waals surface area contributed by atoms with E-state index >= 15 is 0 Å². The van der Waals surface area contributed by atoms with E-state index in [4.69, 9.17) is 9.47 Å². The number of likely N-dealkylation sites (tertiary alicyclic amines) is 2. The van der Waals surface area contributed by atoms with Crippen LogP contribution >= 0.6 is 11.3 Å². The van der Waals surface area contributed by atoms with Crippen molar-refractivity contribution >= 4 is 34.9 Å². The molecule has 2 fully saturated rings. The fraction of sp³-hybridized carbons (Fsp3) is 0.543. The second-order valence-corrected chi connectivity index (χ2v) is 18.9. The molecular weight excluding hydrogens is 864 g/mol. The van der Waals surface area contributed by atoms with Crippen LogP contribution in [0.3, 0.4) is 0 Å². The minimum absolute atomic E-state index is 0.0118. The van der Waals surface area contributed by atoms with Gasteiger partial charge in [-0.1, -0.05) is 57.2 Å². The Labute approximate surface area is 380 Å². The van der Waals surface area contributed by atoms with Gasteiger partial charge in [-0.15, -0.1) is 21.5 Å². The van der Waals surface area contributed by atoms with E-state index in [2.05, 4.69) is 47.9 Å². The highest BCUT2D eigenvalue weighted by Crippen LogP contribution is 2.33. The molecule has 2 saturated heterocycles. The normalized spacial score (nSPS) is 18.6. The van der Waals surface area contributed by atoms with Crippen molar-refractivity contribution in [3.8, 4) is 16.2 Å². The summed E-state index contributed by atoms with van der Waals surface area (Å²) in [5, 5.41) is 27.6. The predicted molar refractivity (Wildman–Crippen MR) is 238 cm³/mol. The van der Waals surface area contributed by atoms with Gasteiger partial charge in [0, 0.05) is 52.0 Å². The highest BCUT2D eigenvalue weighted by Gasteiger charge is 2.45. The zero-order chi connectivity index (χ0) is 46.3. The van der Waals surface area contributed by atoms with E-state index in [1.807, 2.05) is 69.6 Å². The summed E-state index contributed by atoms with van der Waals surface area (Å²) in [6, 6.07) is 14.1. The topological polar surface area (TPSA) is 176 Å². The van der Waals surface area contributed by atoms with Gasteiger partial charge in [0.25, 0.3) is 5.82 Å². The third-order valence-corrected chi connectivity index (χ3v) is 13.1. The molecule has 3 aliphatic rings. The molecule has 0 spiro atoms. The van der Waals surface area contributed by atoms with Gasteiger partial charge in [-0.05, 0) is 79.2 Å². The van der Waals surface area contributed by atoms with E-state index < -0.39 is 47.4 Å². The number of carbonyl (C=O) groups excluding carboxylic acids is 3. The van der Waals surface area contributed by atoms with Gasteiger partial charge in [0.05, 0.1) is 28.8 Å². The molecule has 0 saturated carbocycles. The Morgan fingerprint density at radius 1 is 0.954 bits per heavy atom. The second kappa shape index (κ2) is 20.8. The maximum Gasteiger partial charge on any atom is 0.453 e. The molecule has 0 aliphatic carbocycles. The zero-order valence-electron chi connectivity index (χ0n) is 37.3. The Hall–Kier alpha value is -5.40. The number of benzene rings is 2. The number of rotatable bonds is 16. The lowest BCUT2D eigenvalue weighted by atomic mass is 9.85. The monoisotopic (exact) mass is 921 g/mol. The Bertz CT molecular complexity index is 2290. The number of hydrogen-bond acceptors (Lipinski definition) is 12.